The predicted octanol–water partition coefficient (Wildman–Crippen LogP) is 4.40. The summed E-state index contributed by atoms with van der Waals surface area (Å²) in [6, 6.07) is 16.7. The third kappa shape index (κ3) is 5.22. The molecule has 0 bridgehead atoms. The van der Waals surface area contributed by atoms with E-state index in [1.54, 1.807) is 24.3 Å². The fourth-order valence-electron chi connectivity index (χ4n) is 3.29. The van der Waals surface area contributed by atoms with Crippen LogP contribution in [-0.4, -0.2) is 35.5 Å². The second kappa shape index (κ2) is 9.87. The molecule has 1 aliphatic heterocycles. The molecule has 2 aromatic carbocycles. The Morgan fingerprint density at radius 3 is 2.31 bits per heavy atom. The van der Waals surface area contributed by atoms with Crippen molar-refractivity contribution in [2.75, 3.05) is 18.4 Å². The Labute approximate surface area is 171 Å². The van der Waals surface area contributed by atoms with Crippen LogP contribution in [0.1, 0.15) is 55.1 Å². The van der Waals surface area contributed by atoms with Crippen LogP contribution in [0, 0.1) is 0 Å². The first-order valence-corrected chi connectivity index (χ1v) is 10.1. The quantitative estimate of drug-likeness (QED) is 0.722. The fraction of sp³-hybridized carbons (Fsp3) is 0.348. The molecule has 0 saturated carbocycles. The minimum Gasteiger partial charge on any atom is -0.387 e. The van der Waals surface area contributed by atoms with Crippen LogP contribution < -0.4 is 5.32 Å². The molecule has 3 rings (SSSR count). The van der Waals surface area contributed by atoms with E-state index in [1.807, 2.05) is 35.2 Å². The van der Waals surface area contributed by atoms with E-state index in [4.69, 9.17) is 4.84 Å². The zero-order chi connectivity index (χ0) is 20.6. The van der Waals surface area contributed by atoms with Gasteiger partial charge in [0.05, 0.1) is 0 Å². The van der Waals surface area contributed by atoms with Gasteiger partial charge >= 0.3 is 0 Å². The van der Waals surface area contributed by atoms with Crippen molar-refractivity contribution in [1.29, 1.82) is 0 Å². The minimum atomic E-state index is -0.291. The summed E-state index contributed by atoms with van der Waals surface area (Å²) in [4.78, 5) is 32.4. The lowest BCUT2D eigenvalue weighted by Crippen LogP contribution is -2.32. The molecule has 1 aliphatic rings. The molecule has 6 heteroatoms. The van der Waals surface area contributed by atoms with Crippen LogP contribution in [0.5, 0.6) is 0 Å². The number of nitrogens with zero attached hydrogens (tertiary/aromatic N) is 2. The maximum absolute atomic E-state index is 12.6. The topological polar surface area (TPSA) is 71.0 Å². The molecule has 6 nitrogen and oxygen atoms in total. The van der Waals surface area contributed by atoms with Crippen molar-refractivity contribution in [2.24, 2.45) is 5.16 Å². The van der Waals surface area contributed by atoms with Gasteiger partial charge in [-0.3, -0.25) is 9.59 Å². The largest absolute Gasteiger partial charge is 0.387 e. The first kappa shape index (κ1) is 20.6. The van der Waals surface area contributed by atoms with Crippen molar-refractivity contribution in [3.8, 4) is 0 Å². The number of anilines is 1. The molecule has 1 atom stereocenters. The highest BCUT2D eigenvalue weighted by atomic mass is 16.6. The summed E-state index contributed by atoms with van der Waals surface area (Å²) in [5, 5.41) is 6.77. The molecule has 0 aromatic heterocycles. The highest BCUT2D eigenvalue weighted by Crippen LogP contribution is 2.27. The molecule has 0 saturated heterocycles. The van der Waals surface area contributed by atoms with Crippen LogP contribution in [0.15, 0.2) is 59.8 Å². The van der Waals surface area contributed by atoms with Gasteiger partial charge in [0, 0.05) is 30.8 Å². The maximum atomic E-state index is 12.6. The van der Waals surface area contributed by atoms with E-state index in [0.717, 1.165) is 31.5 Å². The molecule has 2 amide bonds. The molecule has 29 heavy (non-hydrogen) atoms. The number of nitrogens with one attached hydrogen (secondary N) is 1. The fourth-order valence-corrected chi connectivity index (χ4v) is 3.29. The Kier molecular flexibility index (Phi) is 7.00. The molecule has 0 aliphatic carbocycles. The van der Waals surface area contributed by atoms with Gasteiger partial charge in [-0.05, 0) is 42.7 Å². The summed E-state index contributed by atoms with van der Waals surface area (Å²) >= 11 is 0. The monoisotopic (exact) mass is 393 g/mol. The maximum Gasteiger partial charge on any atom is 0.273 e. The number of carbonyl (C=O) groups is 2. The second-order valence-corrected chi connectivity index (χ2v) is 7.07. The Bertz CT molecular complexity index is 857. The molecule has 152 valence electrons. The lowest BCUT2D eigenvalue weighted by Gasteiger charge is -2.21. The zero-order valence-electron chi connectivity index (χ0n) is 16.9. The average Bonchev–Trinajstić information content (AvgIpc) is 3.25. The SMILES string of the molecule is CCCN(CCC)C(=O)c1ccc(NC(=O)C2=NOC(c3ccccc3)C2)cc1. The Morgan fingerprint density at radius 1 is 1.03 bits per heavy atom. The first-order valence-electron chi connectivity index (χ1n) is 10.1. The van der Waals surface area contributed by atoms with E-state index >= 15 is 0 Å². The van der Waals surface area contributed by atoms with Gasteiger partial charge in [0.1, 0.15) is 5.71 Å². The summed E-state index contributed by atoms with van der Waals surface area (Å²) < 4.78 is 0. The summed E-state index contributed by atoms with van der Waals surface area (Å²) in [6.07, 6.45) is 2.04. The Hall–Kier alpha value is -3.15. The van der Waals surface area contributed by atoms with Gasteiger partial charge in [-0.2, -0.15) is 0 Å². The van der Waals surface area contributed by atoms with Crippen molar-refractivity contribution >= 4 is 23.2 Å². The van der Waals surface area contributed by atoms with E-state index in [9.17, 15) is 9.59 Å². The van der Waals surface area contributed by atoms with Crippen LogP contribution in [0.2, 0.25) is 0 Å². The van der Waals surface area contributed by atoms with Gasteiger partial charge in [-0.1, -0.05) is 49.3 Å². The number of hydrogen-bond donors (Lipinski definition) is 1. The molecular weight excluding hydrogens is 366 g/mol. The average molecular weight is 393 g/mol. The standard InChI is InChI=1S/C23H27N3O3/c1-3-14-26(15-4-2)23(28)18-10-12-19(13-11-18)24-22(27)20-16-21(29-25-20)17-8-6-5-7-9-17/h5-13,21H,3-4,14-16H2,1-2H3,(H,24,27). The van der Waals surface area contributed by atoms with Crippen LogP contribution in [-0.2, 0) is 9.63 Å². The molecule has 0 spiro atoms. The lowest BCUT2D eigenvalue weighted by molar-refractivity contribution is -0.110. The number of amides is 2. The summed E-state index contributed by atoms with van der Waals surface area (Å²) in [5.74, 6) is -0.271. The molecule has 0 radical (unpaired) electrons. The molecular formula is C23H27N3O3. The minimum absolute atomic E-state index is 0.0193. The van der Waals surface area contributed by atoms with E-state index in [-0.39, 0.29) is 17.9 Å². The van der Waals surface area contributed by atoms with Gasteiger partial charge in [-0.25, -0.2) is 0 Å². The molecule has 2 aromatic rings. The van der Waals surface area contributed by atoms with Crippen molar-refractivity contribution in [2.45, 2.75) is 39.2 Å². The zero-order valence-corrected chi connectivity index (χ0v) is 16.9. The number of rotatable bonds is 8. The molecule has 0 fully saturated rings. The van der Waals surface area contributed by atoms with Gasteiger partial charge in [-0.15, -0.1) is 0 Å². The van der Waals surface area contributed by atoms with Crippen LogP contribution in [0.3, 0.4) is 0 Å². The third-order valence-electron chi connectivity index (χ3n) is 4.77. The van der Waals surface area contributed by atoms with Gasteiger partial charge in [0.25, 0.3) is 11.8 Å². The van der Waals surface area contributed by atoms with Crippen LogP contribution in [0.25, 0.3) is 0 Å². The van der Waals surface area contributed by atoms with E-state index < -0.39 is 0 Å². The van der Waals surface area contributed by atoms with Crippen LogP contribution >= 0.6 is 0 Å². The predicted molar refractivity (Wildman–Crippen MR) is 114 cm³/mol. The smallest absolute Gasteiger partial charge is 0.273 e. The van der Waals surface area contributed by atoms with E-state index in [1.165, 1.54) is 0 Å². The second-order valence-electron chi connectivity index (χ2n) is 7.07. The van der Waals surface area contributed by atoms with E-state index in [2.05, 4.69) is 24.3 Å². The first-order chi connectivity index (χ1) is 14.1. The number of hydrogen-bond acceptors (Lipinski definition) is 4. The number of carbonyl (C=O) groups excluding carboxylic acids is 2. The molecule has 1 N–H and O–H groups in total. The van der Waals surface area contributed by atoms with E-state index in [0.29, 0.717) is 23.4 Å². The number of benzene rings is 2. The lowest BCUT2D eigenvalue weighted by atomic mass is 10.0. The normalized spacial score (nSPS) is 15.4. The third-order valence-corrected chi connectivity index (χ3v) is 4.77. The highest BCUT2D eigenvalue weighted by molar-refractivity contribution is 6.43. The molecule has 1 unspecified atom stereocenters. The van der Waals surface area contributed by atoms with Crippen LogP contribution in [0.4, 0.5) is 5.69 Å². The van der Waals surface area contributed by atoms with Crippen molar-refractivity contribution < 1.29 is 14.4 Å². The molecule has 1 heterocycles. The van der Waals surface area contributed by atoms with Gasteiger partial charge in [0.15, 0.2) is 6.10 Å². The van der Waals surface area contributed by atoms with Crippen molar-refractivity contribution in [3.63, 3.8) is 0 Å². The van der Waals surface area contributed by atoms with Gasteiger partial charge in [0.2, 0.25) is 0 Å². The summed E-state index contributed by atoms with van der Waals surface area (Å²) in [5.41, 5.74) is 2.59. The summed E-state index contributed by atoms with van der Waals surface area (Å²) in [6.45, 7) is 5.61. The summed E-state index contributed by atoms with van der Waals surface area (Å²) in [7, 11) is 0. The Morgan fingerprint density at radius 2 is 1.69 bits per heavy atom. The Balaban J connectivity index is 1.58. The van der Waals surface area contributed by atoms with Crippen molar-refractivity contribution in [1.82, 2.24) is 4.90 Å². The number of oxime groups is 1. The highest BCUT2D eigenvalue weighted by Gasteiger charge is 2.27. The van der Waals surface area contributed by atoms with Gasteiger partial charge < -0.3 is 15.1 Å². The van der Waals surface area contributed by atoms with Crippen molar-refractivity contribution in [3.05, 3.63) is 65.7 Å².